The second-order valence-electron chi connectivity index (χ2n) is 7.47. The van der Waals surface area contributed by atoms with Crippen molar-refractivity contribution >= 4 is 40.6 Å². The smallest absolute Gasteiger partial charge is 0.268 e. The fourth-order valence-electron chi connectivity index (χ4n) is 3.58. The van der Waals surface area contributed by atoms with E-state index in [0.29, 0.717) is 15.6 Å². The first-order chi connectivity index (χ1) is 16.1. The molecule has 1 aromatic heterocycles. The number of amides is 2. The van der Waals surface area contributed by atoms with E-state index < -0.39 is 0 Å². The molecule has 2 heterocycles. The summed E-state index contributed by atoms with van der Waals surface area (Å²) in [6, 6.07) is 26.6. The Morgan fingerprint density at radius 1 is 0.879 bits per heavy atom. The van der Waals surface area contributed by atoms with Gasteiger partial charge in [0, 0.05) is 22.3 Å². The lowest BCUT2D eigenvalue weighted by molar-refractivity contribution is -0.123. The third kappa shape index (κ3) is 4.49. The maximum absolute atomic E-state index is 13.1. The standard InChI is InChI=1S/C26H18ClN3O2S/c27-21-13-11-19(12-14-21)24-20(17-30(28-24)22-9-5-2-6-10-22)15-23-25(31)29(26(32)33-23)16-18-7-3-1-4-8-18/h1-15,17H,16H2/b23-15-. The van der Waals surface area contributed by atoms with Crippen molar-refractivity contribution in [2.45, 2.75) is 6.54 Å². The number of hydrogen-bond acceptors (Lipinski definition) is 4. The van der Waals surface area contributed by atoms with Gasteiger partial charge in [-0.1, -0.05) is 72.3 Å². The molecule has 5 rings (SSSR count). The van der Waals surface area contributed by atoms with Crippen LogP contribution < -0.4 is 0 Å². The predicted molar refractivity (Wildman–Crippen MR) is 132 cm³/mol. The van der Waals surface area contributed by atoms with Crippen molar-refractivity contribution in [2.75, 3.05) is 0 Å². The van der Waals surface area contributed by atoms with Crippen molar-refractivity contribution in [3.8, 4) is 16.9 Å². The maximum Gasteiger partial charge on any atom is 0.293 e. The van der Waals surface area contributed by atoms with Crippen LogP contribution in [0.15, 0.2) is 96.0 Å². The van der Waals surface area contributed by atoms with E-state index in [0.717, 1.165) is 34.1 Å². The number of aromatic nitrogens is 2. The minimum Gasteiger partial charge on any atom is -0.268 e. The van der Waals surface area contributed by atoms with Crippen molar-refractivity contribution in [1.29, 1.82) is 0 Å². The molecule has 0 aliphatic carbocycles. The Hall–Kier alpha value is -3.61. The van der Waals surface area contributed by atoms with Gasteiger partial charge in [0.15, 0.2) is 0 Å². The molecule has 0 radical (unpaired) electrons. The summed E-state index contributed by atoms with van der Waals surface area (Å²) < 4.78 is 1.77. The van der Waals surface area contributed by atoms with E-state index in [1.54, 1.807) is 22.9 Å². The van der Waals surface area contributed by atoms with E-state index in [-0.39, 0.29) is 17.7 Å². The van der Waals surface area contributed by atoms with Crippen LogP contribution in [-0.2, 0) is 11.3 Å². The Morgan fingerprint density at radius 2 is 1.55 bits per heavy atom. The van der Waals surface area contributed by atoms with Crippen molar-refractivity contribution in [3.05, 3.63) is 112 Å². The molecule has 0 saturated carbocycles. The lowest BCUT2D eigenvalue weighted by atomic mass is 10.1. The zero-order chi connectivity index (χ0) is 22.8. The topological polar surface area (TPSA) is 55.2 Å². The van der Waals surface area contributed by atoms with Crippen LogP contribution in [0.5, 0.6) is 0 Å². The van der Waals surface area contributed by atoms with Crippen molar-refractivity contribution in [1.82, 2.24) is 14.7 Å². The molecule has 7 heteroatoms. The molecule has 0 N–H and O–H groups in total. The largest absolute Gasteiger partial charge is 0.293 e. The summed E-state index contributed by atoms with van der Waals surface area (Å²) >= 11 is 7.01. The number of hydrogen-bond donors (Lipinski definition) is 0. The number of rotatable bonds is 5. The number of thioether (sulfide) groups is 1. The third-order valence-electron chi connectivity index (χ3n) is 5.22. The van der Waals surface area contributed by atoms with Gasteiger partial charge in [-0.2, -0.15) is 5.10 Å². The van der Waals surface area contributed by atoms with Gasteiger partial charge in [-0.05, 0) is 47.7 Å². The van der Waals surface area contributed by atoms with Gasteiger partial charge in [0.25, 0.3) is 11.1 Å². The molecule has 0 atom stereocenters. The van der Waals surface area contributed by atoms with Gasteiger partial charge in [-0.3, -0.25) is 14.5 Å². The van der Waals surface area contributed by atoms with Gasteiger partial charge in [0.05, 0.1) is 22.8 Å². The van der Waals surface area contributed by atoms with Gasteiger partial charge in [0.1, 0.15) is 0 Å². The fraction of sp³-hybridized carbons (Fsp3) is 0.0385. The molecule has 1 saturated heterocycles. The predicted octanol–water partition coefficient (Wildman–Crippen LogP) is 6.43. The summed E-state index contributed by atoms with van der Waals surface area (Å²) in [7, 11) is 0. The Balaban J connectivity index is 1.53. The Bertz CT molecular complexity index is 1350. The second kappa shape index (κ2) is 9.10. The third-order valence-corrected chi connectivity index (χ3v) is 6.38. The molecule has 0 bridgehead atoms. The number of para-hydroxylation sites is 1. The maximum atomic E-state index is 13.1. The van der Waals surface area contributed by atoms with Crippen LogP contribution in [0.2, 0.25) is 5.02 Å². The average molecular weight is 472 g/mol. The zero-order valence-electron chi connectivity index (χ0n) is 17.4. The minimum absolute atomic E-state index is 0.246. The molecule has 3 aromatic carbocycles. The van der Waals surface area contributed by atoms with E-state index in [1.165, 1.54) is 4.90 Å². The van der Waals surface area contributed by atoms with Crippen molar-refractivity contribution in [2.24, 2.45) is 0 Å². The number of carbonyl (C=O) groups is 2. The molecule has 1 aliphatic heterocycles. The van der Waals surface area contributed by atoms with Gasteiger partial charge < -0.3 is 0 Å². The summed E-state index contributed by atoms with van der Waals surface area (Å²) in [5, 5.41) is 5.11. The van der Waals surface area contributed by atoms with E-state index in [4.69, 9.17) is 16.7 Å². The van der Waals surface area contributed by atoms with Crippen molar-refractivity contribution < 1.29 is 9.59 Å². The molecule has 0 unspecified atom stereocenters. The Morgan fingerprint density at radius 3 is 2.24 bits per heavy atom. The number of imide groups is 1. The van der Waals surface area contributed by atoms with Crippen LogP contribution in [0.1, 0.15) is 11.1 Å². The molecule has 2 amide bonds. The molecule has 162 valence electrons. The molecule has 33 heavy (non-hydrogen) atoms. The van der Waals surface area contributed by atoms with E-state index in [1.807, 2.05) is 79.0 Å². The summed E-state index contributed by atoms with van der Waals surface area (Å²) in [6.07, 6.45) is 3.61. The first kappa shape index (κ1) is 21.2. The highest BCUT2D eigenvalue weighted by Gasteiger charge is 2.35. The number of halogens is 1. The van der Waals surface area contributed by atoms with Gasteiger partial charge >= 0.3 is 0 Å². The Kier molecular flexibility index (Phi) is 5.86. The number of carbonyl (C=O) groups excluding carboxylic acids is 2. The summed E-state index contributed by atoms with van der Waals surface area (Å²) in [4.78, 5) is 27.3. The highest BCUT2D eigenvalue weighted by molar-refractivity contribution is 8.18. The molecule has 5 nitrogen and oxygen atoms in total. The van der Waals surface area contributed by atoms with Crippen LogP contribution in [0.3, 0.4) is 0 Å². The summed E-state index contributed by atoms with van der Waals surface area (Å²) in [6.45, 7) is 0.246. The SMILES string of the molecule is O=C1S/C(=C\c2cn(-c3ccccc3)nc2-c2ccc(Cl)cc2)C(=O)N1Cc1ccccc1. The van der Waals surface area contributed by atoms with E-state index in [2.05, 4.69) is 0 Å². The first-order valence-electron chi connectivity index (χ1n) is 10.3. The average Bonchev–Trinajstić information content (AvgIpc) is 3.37. The minimum atomic E-state index is -0.302. The second-order valence-corrected chi connectivity index (χ2v) is 8.90. The Labute approximate surface area is 200 Å². The van der Waals surface area contributed by atoms with Crippen LogP contribution in [0.4, 0.5) is 4.79 Å². The lowest BCUT2D eigenvalue weighted by Gasteiger charge is -2.12. The van der Waals surface area contributed by atoms with Gasteiger partial charge in [-0.15, -0.1) is 0 Å². The van der Waals surface area contributed by atoms with E-state index >= 15 is 0 Å². The molecule has 0 spiro atoms. The zero-order valence-corrected chi connectivity index (χ0v) is 19.0. The molecular formula is C26H18ClN3O2S. The number of benzene rings is 3. The van der Waals surface area contributed by atoms with Crippen LogP contribution >= 0.6 is 23.4 Å². The molecular weight excluding hydrogens is 454 g/mol. The van der Waals surface area contributed by atoms with Crippen LogP contribution in [0.25, 0.3) is 23.0 Å². The van der Waals surface area contributed by atoms with Crippen molar-refractivity contribution in [3.63, 3.8) is 0 Å². The summed E-state index contributed by atoms with van der Waals surface area (Å²) in [5.41, 5.74) is 4.10. The van der Waals surface area contributed by atoms with Crippen LogP contribution in [-0.4, -0.2) is 25.8 Å². The number of nitrogens with zero attached hydrogens (tertiary/aromatic N) is 3. The quantitative estimate of drug-likeness (QED) is 0.315. The molecule has 1 fully saturated rings. The summed E-state index contributed by atoms with van der Waals surface area (Å²) in [5.74, 6) is -0.302. The first-order valence-corrected chi connectivity index (χ1v) is 11.5. The normalized spacial score (nSPS) is 14.9. The van der Waals surface area contributed by atoms with E-state index in [9.17, 15) is 9.59 Å². The molecule has 1 aliphatic rings. The molecule has 4 aromatic rings. The fourth-order valence-corrected chi connectivity index (χ4v) is 4.54. The van der Waals surface area contributed by atoms with Gasteiger partial charge in [0.2, 0.25) is 0 Å². The lowest BCUT2D eigenvalue weighted by Crippen LogP contribution is -2.27. The van der Waals surface area contributed by atoms with Gasteiger partial charge in [-0.25, -0.2) is 4.68 Å². The highest BCUT2D eigenvalue weighted by Crippen LogP contribution is 2.35. The monoisotopic (exact) mass is 471 g/mol. The van der Waals surface area contributed by atoms with Crippen LogP contribution in [0, 0.1) is 0 Å². The highest BCUT2D eigenvalue weighted by atomic mass is 35.5.